The standard InChI is InChI=1S/C26H39N3/c1-6-23(13-15-27-5)18-28-19-26-22(4)25(14-16-29-26)21(3)10-8-12-24-11-7-9-20(2)17-24/h7,9,11,14,16-17,23,27-28H,3,6,8,10,12-13,15,18-19H2,1-2,4-5H3. The van der Waals surface area contributed by atoms with Crippen molar-refractivity contribution in [2.45, 2.75) is 59.4 Å². The molecule has 0 amide bonds. The van der Waals surface area contributed by atoms with Crippen LogP contribution >= 0.6 is 0 Å². The summed E-state index contributed by atoms with van der Waals surface area (Å²) in [5, 5.41) is 6.87. The lowest BCUT2D eigenvalue weighted by Gasteiger charge is -2.17. The fourth-order valence-electron chi connectivity index (χ4n) is 3.84. The molecule has 2 rings (SSSR count). The van der Waals surface area contributed by atoms with E-state index >= 15 is 0 Å². The van der Waals surface area contributed by atoms with E-state index in [1.807, 2.05) is 13.2 Å². The number of hydrogen-bond acceptors (Lipinski definition) is 3. The monoisotopic (exact) mass is 393 g/mol. The van der Waals surface area contributed by atoms with Gasteiger partial charge in [-0.1, -0.05) is 49.8 Å². The predicted octanol–water partition coefficient (Wildman–Crippen LogP) is 5.46. The first kappa shape index (κ1) is 23.3. The lowest BCUT2D eigenvalue weighted by molar-refractivity contribution is 0.425. The Balaban J connectivity index is 1.87. The van der Waals surface area contributed by atoms with Crippen LogP contribution in [0.2, 0.25) is 0 Å². The van der Waals surface area contributed by atoms with Gasteiger partial charge in [0.05, 0.1) is 5.69 Å². The molecule has 3 nitrogen and oxygen atoms in total. The molecular formula is C26H39N3. The molecule has 1 aromatic carbocycles. The van der Waals surface area contributed by atoms with Gasteiger partial charge >= 0.3 is 0 Å². The average Bonchev–Trinajstić information content (AvgIpc) is 2.71. The first-order valence-electron chi connectivity index (χ1n) is 11.1. The molecule has 0 fully saturated rings. The zero-order chi connectivity index (χ0) is 21.1. The van der Waals surface area contributed by atoms with Crippen molar-refractivity contribution in [2.24, 2.45) is 5.92 Å². The fraction of sp³-hybridized carbons (Fsp3) is 0.500. The van der Waals surface area contributed by atoms with Gasteiger partial charge in [-0.05, 0) is 93.9 Å². The highest BCUT2D eigenvalue weighted by molar-refractivity contribution is 5.66. The Kier molecular flexibility index (Phi) is 10.1. The second-order valence-corrected chi connectivity index (χ2v) is 8.17. The minimum atomic E-state index is 0.711. The molecule has 0 aliphatic carbocycles. The number of nitrogens with one attached hydrogen (secondary N) is 2. The van der Waals surface area contributed by atoms with E-state index in [9.17, 15) is 0 Å². The van der Waals surface area contributed by atoms with Gasteiger partial charge < -0.3 is 10.6 Å². The number of rotatable bonds is 13. The molecule has 3 heteroatoms. The Morgan fingerprint density at radius 1 is 1.21 bits per heavy atom. The number of pyridine rings is 1. The van der Waals surface area contributed by atoms with Crippen LogP contribution in [0.1, 0.15) is 60.6 Å². The van der Waals surface area contributed by atoms with E-state index in [1.165, 1.54) is 40.7 Å². The maximum atomic E-state index is 4.63. The summed E-state index contributed by atoms with van der Waals surface area (Å²) in [6.07, 6.45) is 7.60. The first-order chi connectivity index (χ1) is 14.0. The third kappa shape index (κ3) is 7.75. The molecule has 1 heterocycles. The molecule has 1 aromatic heterocycles. The summed E-state index contributed by atoms with van der Waals surface area (Å²) in [6.45, 7) is 13.9. The van der Waals surface area contributed by atoms with Crippen molar-refractivity contribution >= 4 is 5.57 Å². The highest BCUT2D eigenvalue weighted by Crippen LogP contribution is 2.24. The Bertz CT molecular complexity index is 766. The highest BCUT2D eigenvalue weighted by Gasteiger charge is 2.10. The first-order valence-corrected chi connectivity index (χ1v) is 11.1. The number of aromatic nitrogens is 1. The summed E-state index contributed by atoms with van der Waals surface area (Å²) in [4.78, 5) is 4.63. The Labute approximate surface area is 178 Å². The third-order valence-corrected chi connectivity index (χ3v) is 5.82. The molecule has 0 radical (unpaired) electrons. The van der Waals surface area contributed by atoms with Crippen molar-refractivity contribution in [3.63, 3.8) is 0 Å². The summed E-state index contributed by atoms with van der Waals surface area (Å²) < 4.78 is 0. The van der Waals surface area contributed by atoms with Crippen LogP contribution in [0.4, 0.5) is 0 Å². The summed E-state index contributed by atoms with van der Waals surface area (Å²) in [5.41, 5.74) is 7.65. The van der Waals surface area contributed by atoms with Crippen LogP contribution in [0.25, 0.3) is 5.57 Å². The SMILES string of the molecule is C=C(CCCc1cccc(C)c1)c1ccnc(CNCC(CC)CCNC)c1C. The lowest BCUT2D eigenvalue weighted by atomic mass is 9.96. The molecule has 2 aromatic rings. The minimum absolute atomic E-state index is 0.711. The van der Waals surface area contributed by atoms with E-state index in [0.717, 1.165) is 44.6 Å². The van der Waals surface area contributed by atoms with E-state index in [0.29, 0.717) is 5.92 Å². The largest absolute Gasteiger partial charge is 0.320 e. The van der Waals surface area contributed by atoms with E-state index in [2.05, 4.69) is 73.3 Å². The van der Waals surface area contributed by atoms with Gasteiger partial charge in [0.25, 0.3) is 0 Å². The van der Waals surface area contributed by atoms with E-state index in [1.54, 1.807) is 0 Å². The zero-order valence-corrected chi connectivity index (χ0v) is 18.9. The molecule has 0 saturated heterocycles. The number of aryl methyl sites for hydroxylation is 2. The van der Waals surface area contributed by atoms with Gasteiger partial charge in [0.1, 0.15) is 0 Å². The van der Waals surface area contributed by atoms with Gasteiger partial charge in [0.2, 0.25) is 0 Å². The summed E-state index contributed by atoms with van der Waals surface area (Å²) in [7, 11) is 2.02. The van der Waals surface area contributed by atoms with Crippen LogP contribution in [0.5, 0.6) is 0 Å². The Hall–Kier alpha value is -1.97. The molecule has 0 spiro atoms. The number of hydrogen-bond donors (Lipinski definition) is 2. The maximum absolute atomic E-state index is 4.63. The molecule has 0 bridgehead atoms. The third-order valence-electron chi connectivity index (χ3n) is 5.82. The van der Waals surface area contributed by atoms with Crippen molar-refractivity contribution in [3.8, 4) is 0 Å². The van der Waals surface area contributed by atoms with Gasteiger partial charge in [-0.2, -0.15) is 0 Å². The number of allylic oxidation sites excluding steroid dienone is 1. The van der Waals surface area contributed by atoms with Gasteiger partial charge in [0.15, 0.2) is 0 Å². The summed E-state index contributed by atoms with van der Waals surface area (Å²) in [5.74, 6) is 0.711. The molecule has 158 valence electrons. The quantitative estimate of drug-likeness (QED) is 0.474. The topological polar surface area (TPSA) is 37.0 Å². The van der Waals surface area contributed by atoms with Crippen LogP contribution in [0.15, 0.2) is 43.1 Å². The van der Waals surface area contributed by atoms with Crippen molar-refractivity contribution in [2.75, 3.05) is 20.1 Å². The maximum Gasteiger partial charge on any atom is 0.0576 e. The Morgan fingerprint density at radius 3 is 2.76 bits per heavy atom. The molecule has 2 N–H and O–H groups in total. The van der Waals surface area contributed by atoms with Crippen LogP contribution in [0.3, 0.4) is 0 Å². The molecule has 29 heavy (non-hydrogen) atoms. The second kappa shape index (κ2) is 12.6. The normalized spacial score (nSPS) is 12.1. The lowest BCUT2D eigenvalue weighted by Crippen LogP contribution is -2.25. The highest BCUT2D eigenvalue weighted by atomic mass is 14.9. The average molecular weight is 394 g/mol. The fourth-order valence-corrected chi connectivity index (χ4v) is 3.84. The molecule has 0 aliphatic rings. The summed E-state index contributed by atoms with van der Waals surface area (Å²) >= 11 is 0. The van der Waals surface area contributed by atoms with Crippen LogP contribution in [-0.2, 0) is 13.0 Å². The Morgan fingerprint density at radius 2 is 2.03 bits per heavy atom. The van der Waals surface area contributed by atoms with Crippen LogP contribution in [-0.4, -0.2) is 25.1 Å². The minimum Gasteiger partial charge on any atom is -0.320 e. The number of benzene rings is 1. The van der Waals surface area contributed by atoms with Gasteiger partial charge in [-0.15, -0.1) is 0 Å². The van der Waals surface area contributed by atoms with Crippen molar-refractivity contribution in [3.05, 3.63) is 71.1 Å². The zero-order valence-electron chi connectivity index (χ0n) is 18.9. The number of nitrogens with zero attached hydrogens (tertiary/aromatic N) is 1. The smallest absolute Gasteiger partial charge is 0.0576 e. The summed E-state index contributed by atoms with van der Waals surface area (Å²) in [6, 6.07) is 10.9. The van der Waals surface area contributed by atoms with Gasteiger partial charge in [-0.25, -0.2) is 0 Å². The molecular weight excluding hydrogens is 354 g/mol. The van der Waals surface area contributed by atoms with Crippen molar-refractivity contribution in [1.82, 2.24) is 15.6 Å². The van der Waals surface area contributed by atoms with E-state index in [4.69, 9.17) is 0 Å². The van der Waals surface area contributed by atoms with Crippen LogP contribution < -0.4 is 10.6 Å². The van der Waals surface area contributed by atoms with Gasteiger partial charge in [0, 0.05) is 12.7 Å². The molecule has 1 atom stereocenters. The van der Waals surface area contributed by atoms with Crippen molar-refractivity contribution in [1.29, 1.82) is 0 Å². The van der Waals surface area contributed by atoms with Crippen molar-refractivity contribution < 1.29 is 0 Å². The molecule has 0 saturated carbocycles. The van der Waals surface area contributed by atoms with Gasteiger partial charge in [-0.3, -0.25) is 4.98 Å². The van der Waals surface area contributed by atoms with E-state index in [-0.39, 0.29) is 0 Å². The molecule has 0 aliphatic heterocycles. The second-order valence-electron chi connectivity index (χ2n) is 8.17. The van der Waals surface area contributed by atoms with Crippen LogP contribution in [0, 0.1) is 19.8 Å². The molecule has 1 unspecified atom stereocenters. The van der Waals surface area contributed by atoms with E-state index < -0.39 is 0 Å². The predicted molar refractivity (Wildman–Crippen MR) is 126 cm³/mol.